The van der Waals surface area contributed by atoms with Gasteiger partial charge in [-0.25, -0.2) is 4.79 Å². The summed E-state index contributed by atoms with van der Waals surface area (Å²) in [5.41, 5.74) is 2.93. The van der Waals surface area contributed by atoms with Crippen LogP contribution in [-0.2, 0) is 6.42 Å². The molecule has 0 bridgehead atoms. The number of aromatic carboxylic acids is 1. The van der Waals surface area contributed by atoms with E-state index in [0.29, 0.717) is 5.02 Å². The standard InChI is InChI=1S/C15H16ClNO2/c1-3-4-5-11-9(2)17-13-7-6-10(15(18)19)8-12(13)14(11)16/h6-8H,3-5H2,1-2H3,(H,18,19). The summed E-state index contributed by atoms with van der Waals surface area (Å²) in [5, 5.41) is 10.4. The van der Waals surface area contributed by atoms with Gasteiger partial charge >= 0.3 is 5.97 Å². The van der Waals surface area contributed by atoms with Gasteiger partial charge in [0.15, 0.2) is 0 Å². The van der Waals surface area contributed by atoms with Crippen LogP contribution in [0, 0.1) is 6.92 Å². The highest BCUT2D eigenvalue weighted by Crippen LogP contribution is 2.30. The van der Waals surface area contributed by atoms with Gasteiger partial charge in [0.1, 0.15) is 0 Å². The van der Waals surface area contributed by atoms with Crippen LogP contribution in [0.15, 0.2) is 18.2 Å². The highest BCUT2D eigenvalue weighted by molar-refractivity contribution is 6.36. The Kier molecular flexibility index (Phi) is 4.05. The molecule has 0 unspecified atom stereocenters. The van der Waals surface area contributed by atoms with Crippen molar-refractivity contribution in [3.63, 3.8) is 0 Å². The van der Waals surface area contributed by atoms with Gasteiger partial charge < -0.3 is 5.11 Å². The lowest BCUT2D eigenvalue weighted by atomic mass is 10.0. The number of aromatic nitrogens is 1. The van der Waals surface area contributed by atoms with Crippen LogP contribution in [0.25, 0.3) is 10.9 Å². The minimum absolute atomic E-state index is 0.237. The monoisotopic (exact) mass is 277 g/mol. The van der Waals surface area contributed by atoms with Gasteiger partial charge in [-0.15, -0.1) is 0 Å². The zero-order valence-corrected chi connectivity index (χ0v) is 11.8. The minimum atomic E-state index is -0.950. The molecule has 1 N–H and O–H groups in total. The van der Waals surface area contributed by atoms with Crippen molar-refractivity contribution in [2.75, 3.05) is 0 Å². The number of halogens is 1. The predicted molar refractivity (Wildman–Crippen MR) is 77.1 cm³/mol. The summed E-state index contributed by atoms with van der Waals surface area (Å²) in [6, 6.07) is 4.86. The van der Waals surface area contributed by atoms with Crippen molar-refractivity contribution in [2.24, 2.45) is 0 Å². The van der Waals surface area contributed by atoms with Gasteiger partial charge in [0.05, 0.1) is 16.1 Å². The summed E-state index contributed by atoms with van der Waals surface area (Å²) in [6.07, 6.45) is 3.01. The molecule has 2 rings (SSSR count). The largest absolute Gasteiger partial charge is 0.478 e. The van der Waals surface area contributed by atoms with E-state index in [9.17, 15) is 4.79 Å². The van der Waals surface area contributed by atoms with Gasteiger partial charge in [-0.2, -0.15) is 0 Å². The van der Waals surface area contributed by atoms with Crippen molar-refractivity contribution >= 4 is 28.5 Å². The Morgan fingerprint density at radius 1 is 1.42 bits per heavy atom. The second kappa shape index (κ2) is 5.57. The molecule has 1 heterocycles. The molecule has 3 nitrogen and oxygen atoms in total. The SMILES string of the molecule is CCCCc1c(C)nc2ccc(C(=O)O)cc2c1Cl. The summed E-state index contributed by atoms with van der Waals surface area (Å²) in [6.45, 7) is 4.07. The van der Waals surface area contributed by atoms with Crippen LogP contribution >= 0.6 is 11.6 Å². The quantitative estimate of drug-likeness (QED) is 0.909. The number of carbonyl (C=O) groups is 1. The molecular formula is C15H16ClNO2. The number of carboxylic acids is 1. The van der Waals surface area contributed by atoms with E-state index in [-0.39, 0.29) is 5.56 Å². The third kappa shape index (κ3) is 2.71. The van der Waals surface area contributed by atoms with E-state index in [1.165, 1.54) is 0 Å². The molecule has 0 aliphatic carbocycles. The topological polar surface area (TPSA) is 50.2 Å². The van der Waals surface area contributed by atoms with Crippen molar-refractivity contribution < 1.29 is 9.90 Å². The first kappa shape index (κ1) is 13.8. The van der Waals surface area contributed by atoms with Gasteiger partial charge in [0.2, 0.25) is 0 Å². The number of fused-ring (bicyclic) bond motifs is 1. The molecule has 0 saturated carbocycles. The fraction of sp³-hybridized carbons (Fsp3) is 0.333. The van der Waals surface area contributed by atoms with E-state index in [2.05, 4.69) is 11.9 Å². The number of nitrogens with zero attached hydrogens (tertiary/aromatic N) is 1. The van der Waals surface area contributed by atoms with Crippen molar-refractivity contribution in [1.82, 2.24) is 4.98 Å². The van der Waals surface area contributed by atoms with Crippen molar-refractivity contribution in [3.05, 3.63) is 40.0 Å². The predicted octanol–water partition coefficient (Wildman–Crippen LogP) is 4.24. The third-order valence-corrected chi connectivity index (χ3v) is 3.68. The fourth-order valence-electron chi connectivity index (χ4n) is 2.16. The zero-order valence-electron chi connectivity index (χ0n) is 11.0. The van der Waals surface area contributed by atoms with E-state index >= 15 is 0 Å². The number of unbranched alkanes of at least 4 members (excludes halogenated alkanes) is 1. The Morgan fingerprint density at radius 2 is 2.16 bits per heavy atom. The smallest absolute Gasteiger partial charge is 0.335 e. The molecule has 19 heavy (non-hydrogen) atoms. The Bertz CT molecular complexity index is 638. The summed E-state index contributed by atoms with van der Waals surface area (Å²) >= 11 is 6.43. The Morgan fingerprint density at radius 3 is 2.79 bits per heavy atom. The van der Waals surface area contributed by atoms with Gasteiger partial charge in [0.25, 0.3) is 0 Å². The van der Waals surface area contributed by atoms with E-state index in [1.807, 2.05) is 6.92 Å². The van der Waals surface area contributed by atoms with Crippen molar-refractivity contribution in [2.45, 2.75) is 33.1 Å². The number of hydrogen-bond donors (Lipinski definition) is 1. The van der Waals surface area contributed by atoms with E-state index in [4.69, 9.17) is 16.7 Å². The third-order valence-electron chi connectivity index (χ3n) is 3.25. The number of carboxylic acid groups (broad SMARTS) is 1. The number of rotatable bonds is 4. The molecule has 0 radical (unpaired) electrons. The molecule has 0 atom stereocenters. The lowest BCUT2D eigenvalue weighted by molar-refractivity contribution is 0.0697. The molecule has 0 aliphatic heterocycles. The zero-order chi connectivity index (χ0) is 14.0. The van der Waals surface area contributed by atoms with Crippen LogP contribution in [0.1, 0.15) is 41.4 Å². The highest BCUT2D eigenvalue weighted by atomic mass is 35.5. The van der Waals surface area contributed by atoms with Gasteiger partial charge in [-0.1, -0.05) is 24.9 Å². The van der Waals surface area contributed by atoms with Crippen LogP contribution in [0.5, 0.6) is 0 Å². The average Bonchev–Trinajstić information content (AvgIpc) is 2.38. The second-order valence-corrected chi connectivity index (χ2v) is 5.01. The summed E-state index contributed by atoms with van der Waals surface area (Å²) in [5.74, 6) is -0.950. The molecular weight excluding hydrogens is 262 g/mol. The molecule has 0 aliphatic rings. The van der Waals surface area contributed by atoms with E-state index in [0.717, 1.165) is 41.4 Å². The number of benzene rings is 1. The molecule has 4 heteroatoms. The molecule has 2 aromatic rings. The first-order valence-corrected chi connectivity index (χ1v) is 6.74. The lowest BCUT2D eigenvalue weighted by Crippen LogP contribution is -1.99. The molecule has 1 aromatic carbocycles. The maximum Gasteiger partial charge on any atom is 0.335 e. The first-order valence-electron chi connectivity index (χ1n) is 6.36. The second-order valence-electron chi connectivity index (χ2n) is 4.63. The molecule has 1 aromatic heterocycles. The first-order chi connectivity index (χ1) is 9.04. The number of hydrogen-bond acceptors (Lipinski definition) is 2. The molecule has 100 valence electrons. The normalized spacial score (nSPS) is 10.9. The van der Waals surface area contributed by atoms with Crippen LogP contribution in [0.2, 0.25) is 5.02 Å². The summed E-state index contributed by atoms with van der Waals surface area (Å²) in [4.78, 5) is 15.5. The maximum absolute atomic E-state index is 11.0. The Labute approximate surface area is 117 Å². The van der Waals surface area contributed by atoms with E-state index < -0.39 is 5.97 Å². The molecule has 0 amide bonds. The number of aryl methyl sites for hydroxylation is 1. The highest BCUT2D eigenvalue weighted by Gasteiger charge is 2.12. The number of pyridine rings is 1. The Balaban J connectivity index is 2.62. The van der Waals surface area contributed by atoms with Crippen LogP contribution in [0.4, 0.5) is 0 Å². The van der Waals surface area contributed by atoms with Gasteiger partial charge in [-0.3, -0.25) is 4.98 Å². The molecule has 0 spiro atoms. The molecule has 0 saturated heterocycles. The summed E-state index contributed by atoms with van der Waals surface area (Å²) in [7, 11) is 0. The van der Waals surface area contributed by atoms with Crippen LogP contribution < -0.4 is 0 Å². The maximum atomic E-state index is 11.0. The van der Waals surface area contributed by atoms with Gasteiger partial charge in [0, 0.05) is 11.1 Å². The molecule has 0 fully saturated rings. The minimum Gasteiger partial charge on any atom is -0.478 e. The van der Waals surface area contributed by atoms with Crippen LogP contribution in [0.3, 0.4) is 0 Å². The van der Waals surface area contributed by atoms with Crippen LogP contribution in [-0.4, -0.2) is 16.1 Å². The lowest BCUT2D eigenvalue weighted by Gasteiger charge is -2.11. The fourth-order valence-corrected chi connectivity index (χ4v) is 2.54. The summed E-state index contributed by atoms with van der Waals surface area (Å²) < 4.78 is 0. The Hall–Kier alpha value is -1.61. The van der Waals surface area contributed by atoms with E-state index in [1.54, 1.807) is 18.2 Å². The van der Waals surface area contributed by atoms with Gasteiger partial charge in [-0.05, 0) is 43.5 Å². The average molecular weight is 278 g/mol. The van der Waals surface area contributed by atoms with Crippen molar-refractivity contribution in [3.8, 4) is 0 Å². The van der Waals surface area contributed by atoms with Crippen molar-refractivity contribution in [1.29, 1.82) is 0 Å².